The lowest BCUT2D eigenvalue weighted by atomic mass is 9.97. The van der Waals surface area contributed by atoms with E-state index in [-0.39, 0.29) is 0 Å². The molecule has 0 aromatic rings. The molecule has 18 heavy (non-hydrogen) atoms. The number of nitrogens with two attached hydrogens (primary N) is 1. The number of carbonyl (C=O) groups is 1. The van der Waals surface area contributed by atoms with Crippen molar-refractivity contribution in [1.82, 2.24) is 4.90 Å². The van der Waals surface area contributed by atoms with Crippen molar-refractivity contribution in [2.24, 2.45) is 5.73 Å². The lowest BCUT2D eigenvalue weighted by Gasteiger charge is -2.38. The molecule has 3 atom stereocenters. The standard InChI is InChI=1S/C14H24N2O2/c15-10-8-11-3-4-12(9-10)16(11)14(17)6-5-13-2-1-7-18-13/h10-13H,1-9,15H2. The molecular weight excluding hydrogens is 228 g/mol. The SMILES string of the molecule is NC1CC2CCC(C1)N2C(=O)CCC1CCCO1. The lowest BCUT2D eigenvalue weighted by molar-refractivity contribution is -0.136. The molecule has 3 rings (SSSR count). The highest BCUT2D eigenvalue weighted by Crippen LogP contribution is 2.35. The van der Waals surface area contributed by atoms with E-state index in [1.54, 1.807) is 0 Å². The third-order valence-corrected chi connectivity index (χ3v) is 4.76. The number of amides is 1. The predicted octanol–water partition coefficient (Wildman–Crippen LogP) is 1.43. The molecule has 0 aromatic carbocycles. The highest BCUT2D eigenvalue weighted by molar-refractivity contribution is 5.77. The van der Waals surface area contributed by atoms with E-state index in [1.165, 1.54) is 0 Å². The Bertz CT molecular complexity index is 301. The summed E-state index contributed by atoms with van der Waals surface area (Å²) in [7, 11) is 0. The van der Waals surface area contributed by atoms with Crippen LogP contribution in [0.25, 0.3) is 0 Å². The molecular formula is C14H24N2O2. The fourth-order valence-corrected chi connectivity index (χ4v) is 3.91. The molecule has 0 saturated carbocycles. The summed E-state index contributed by atoms with van der Waals surface area (Å²) in [6.07, 6.45) is 8.50. The second kappa shape index (κ2) is 5.17. The van der Waals surface area contributed by atoms with Gasteiger partial charge in [0.1, 0.15) is 0 Å². The molecule has 3 fully saturated rings. The fraction of sp³-hybridized carbons (Fsp3) is 0.929. The monoisotopic (exact) mass is 252 g/mol. The van der Waals surface area contributed by atoms with Crippen molar-refractivity contribution in [3.63, 3.8) is 0 Å². The first-order valence-corrected chi connectivity index (χ1v) is 7.42. The van der Waals surface area contributed by atoms with E-state index in [1.807, 2.05) is 0 Å². The number of hydrogen-bond donors (Lipinski definition) is 1. The Hall–Kier alpha value is -0.610. The average molecular weight is 252 g/mol. The van der Waals surface area contributed by atoms with Crippen LogP contribution in [0.15, 0.2) is 0 Å². The average Bonchev–Trinajstić information content (AvgIpc) is 2.94. The first kappa shape index (κ1) is 12.4. The van der Waals surface area contributed by atoms with E-state index in [9.17, 15) is 4.79 Å². The van der Waals surface area contributed by atoms with Crippen LogP contribution in [0.1, 0.15) is 51.4 Å². The van der Waals surface area contributed by atoms with E-state index in [0.717, 1.165) is 51.6 Å². The Labute approximate surface area is 109 Å². The smallest absolute Gasteiger partial charge is 0.223 e. The Morgan fingerprint density at radius 3 is 2.56 bits per heavy atom. The largest absolute Gasteiger partial charge is 0.378 e. The van der Waals surface area contributed by atoms with Gasteiger partial charge in [-0.05, 0) is 44.9 Å². The number of hydrogen-bond acceptors (Lipinski definition) is 3. The van der Waals surface area contributed by atoms with E-state index < -0.39 is 0 Å². The molecule has 2 N–H and O–H groups in total. The Morgan fingerprint density at radius 2 is 1.94 bits per heavy atom. The molecule has 2 bridgehead atoms. The third-order valence-electron chi connectivity index (χ3n) is 4.76. The maximum absolute atomic E-state index is 12.4. The molecule has 0 radical (unpaired) electrons. The van der Waals surface area contributed by atoms with Crippen LogP contribution in [0.2, 0.25) is 0 Å². The fourth-order valence-electron chi connectivity index (χ4n) is 3.91. The van der Waals surface area contributed by atoms with Crippen LogP contribution in [-0.2, 0) is 9.53 Å². The minimum atomic E-state index is 0.310. The maximum Gasteiger partial charge on any atom is 0.223 e. The van der Waals surface area contributed by atoms with Gasteiger partial charge in [0.2, 0.25) is 5.91 Å². The minimum absolute atomic E-state index is 0.310. The van der Waals surface area contributed by atoms with Gasteiger partial charge in [0.05, 0.1) is 6.10 Å². The summed E-state index contributed by atoms with van der Waals surface area (Å²) in [5.41, 5.74) is 6.03. The second-order valence-corrected chi connectivity index (χ2v) is 6.09. The molecule has 4 heteroatoms. The second-order valence-electron chi connectivity index (χ2n) is 6.09. The maximum atomic E-state index is 12.4. The Morgan fingerprint density at radius 1 is 1.22 bits per heavy atom. The summed E-state index contributed by atoms with van der Waals surface area (Å²) in [5.74, 6) is 0.338. The van der Waals surface area contributed by atoms with Crippen LogP contribution in [0, 0.1) is 0 Å². The highest BCUT2D eigenvalue weighted by Gasteiger charge is 2.41. The molecule has 0 aliphatic carbocycles. The van der Waals surface area contributed by atoms with Crippen LogP contribution < -0.4 is 5.73 Å². The van der Waals surface area contributed by atoms with Gasteiger partial charge >= 0.3 is 0 Å². The molecule has 3 aliphatic heterocycles. The van der Waals surface area contributed by atoms with Crippen LogP contribution in [0.5, 0.6) is 0 Å². The van der Waals surface area contributed by atoms with Gasteiger partial charge in [-0.3, -0.25) is 4.79 Å². The zero-order valence-corrected chi connectivity index (χ0v) is 11.0. The van der Waals surface area contributed by atoms with Gasteiger partial charge in [0, 0.05) is 31.2 Å². The van der Waals surface area contributed by atoms with Crippen molar-refractivity contribution in [2.75, 3.05) is 6.61 Å². The molecule has 4 nitrogen and oxygen atoms in total. The molecule has 0 aromatic heterocycles. The summed E-state index contributed by atoms with van der Waals surface area (Å²) in [6, 6.07) is 1.16. The number of carbonyl (C=O) groups excluding carboxylic acids is 1. The zero-order chi connectivity index (χ0) is 12.5. The van der Waals surface area contributed by atoms with Gasteiger partial charge in [0.15, 0.2) is 0 Å². The van der Waals surface area contributed by atoms with E-state index in [2.05, 4.69) is 4.90 Å². The molecule has 3 unspecified atom stereocenters. The first-order valence-electron chi connectivity index (χ1n) is 7.42. The van der Waals surface area contributed by atoms with Crippen molar-refractivity contribution in [2.45, 2.75) is 75.6 Å². The van der Waals surface area contributed by atoms with Gasteiger partial charge in [0.25, 0.3) is 0 Å². The van der Waals surface area contributed by atoms with Crippen molar-refractivity contribution in [1.29, 1.82) is 0 Å². The molecule has 102 valence electrons. The molecule has 1 amide bonds. The van der Waals surface area contributed by atoms with Crippen LogP contribution in [0.4, 0.5) is 0 Å². The number of rotatable bonds is 3. The van der Waals surface area contributed by atoms with Crippen LogP contribution in [0.3, 0.4) is 0 Å². The molecule has 3 aliphatic rings. The minimum Gasteiger partial charge on any atom is -0.378 e. The molecule has 3 saturated heterocycles. The summed E-state index contributed by atoms with van der Waals surface area (Å²) < 4.78 is 5.59. The topological polar surface area (TPSA) is 55.6 Å². The summed E-state index contributed by atoms with van der Waals surface area (Å²) in [5, 5.41) is 0. The summed E-state index contributed by atoms with van der Waals surface area (Å²) in [4.78, 5) is 14.5. The van der Waals surface area contributed by atoms with Gasteiger partial charge < -0.3 is 15.4 Å². The molecule has 3 heterocycles. The number of nitrogens with zero attached hydrogens (tertiary/aromatic N) is 1. The van der Waals surface area contributed by atoms with E-state index in [4.69, 9.17) is 10.5 Å². The third kappa shape index (κ3) is 2.41. The Kier molecular flexibility index (Phi) is 3.57. The normalized spacial score (nSPS) is 39.3. The van der Waals surface area contributed by atoms with Gasteiger partial charge in [-0.15, -0.1) is 0 Å². The summed E-state index contributed by atoms with van der Waals surface area (Å²) >= 11 is 0. The van der Waals surface area contributed by atoms with Gasteiger partial charge in [-0.2, -0.15) is 0 Å². The van der Waals surface area contributed by atoms with Crippen molar-refractivity contribution < 1.29 is 9.53 Å². The van der Waals surface area contributed by atoms with Crippen LogP contribution in [-0.4, -0.2) is 41.6 Å². The van der Waals surface area contributed by atoms with Gasteiger partial charge in [-0.1, -0.05) is 0 Å². The van der Waals surface area contributed by atoms with Crippen LogP contribution >= 0.6 is 0 Å². The highest BCUT2D eigenvalue weighted by atomic mass is 16.5. The molecule has 0 spiro atoms. The zero-order valence-electron chi connectivity index (χ0n) is 11.0. The number of fused-ring (bicyclic) bond motifs is 2. The van der Waals surface area contributed by atoms with Gasteiger partial charge in [-0.25, -0.2) is 0 Å². The van der Waals surface area contributed by atoms with Crippen molar-refractivity contribution in [3.05, 3.63) is 0 Å². The Balaban J connectivity index is 1.53. The lowest BCUT2D eigenvalue weighted by Crippen LogP contribution is -2.50. The quantitative estimate of drug-likeness (QED) is 0.826. The first-order chi connectivity index (χ1) is 8.74. The van der Waals surface area contributed by atoms with E-state index in [0.29, 0.717) is 36.6 Å². The van der Waals surface area contributed by atoms with Crippen molar-refractivity contribution in [3.8, 4) is 0 Å². The summed E-state index contributed by atoms with van der Waals surface area (Å²) in [6.45, 7) is 0.878. The number of ether oxygens (including phenoxy) is 1. The number of piperidine rings is 1. The van der Waals surface area contributed by atoms with Crippen molar-refractivity contribution >= 4 is 5.91 Å². The predicted molar refractivity (Wildman–Crippen MR) is 69.1 cm³/mol. The van der Waals surface area contributed by atoms with E-state index >= 15 is 0 Å².